The molecule has 5 heteroatoms. The van der Waals surface area contributed by atoms with Crippen LogP contribution in [0.1, 0.15) is 11.1 Å². The number of amides is 1. The summed E-state index contributed by atoms with van der Waals surface area (Å²) < 4.78 is 22.9. The maximum atomic E-state index is 11.6. The molecule has 18 heavy (non-hydrogen) atoms. The van der Waals surface area contributed by atoms with Gasteiger partial charge in [-0.25, -0.2) is 8.42 Å². The SMILES string of the molecule is C=CCS(=O)(=O)CC(=O)Nc1ccc(C)cc1C. The number of hydrogen-bond donors (Lipinski definition) is 1. The fourth-order valence-corrected chi connectivity index (χ4v) is 2.53. The van der Waals surface area contributed by atoms with Gasteiger partial charge in [0.1, 0.15) is 5.75 Å². The summed E-state index contributed by atoms with van der Waals surface area (Å²) in [7, 11) is -3.40. The molecule has 4 nitrogen and oxygen atoms in total. The molecular weight excluding hydrogens is 250 g/mol. The summed E-state index contributed by atoms with van der Waals surface area (Å²) in [5.74, 6) is -1.23. The van der Waals surface area contributed by atoms with Crippen molar-refractivity contribution >= 4 is 21.4 Å². The molecule has 0 heterocycles. The topological polar surface area (TPSA) is 63.2 Å². The minimum atomic E-state index is -3.40. The van der Waals surface area contributed by atoms with Gasteiger partial charge in [0.25, 0.3) is 0 Å². The van der Waals surface area contributed by atoms with Gasteiger partial charge in [-0.15, -0.1) is 6.58 Å². The molecule has 0 atom stereocenters. The Balaban J connectivity index is 2.74. The largest absolute Gasteiger partial charge is 0.325 e. The molecule has 0 radical (unpaired) electrons. The highest BCUT2D eigenvalue weighted by Gasteiger charge is 2.15. The van der Waals surface area contributed by atoms with Gasteiger partial charge in [-0.1, -0.05) is 23.8 Å². The Labute approximate surface area is 108 Å². The fourth-order valence-electron chi connectivity index (χ4n) is 1.58. The second-order valence-electron chi connectivity index (χ2n) is 4.21. The van der Waals surface area contributed by atoms with Crippen LogP contribution in [0.15, 0.2) is 30.9 Å². The van der Waals surface area contributed by atoms with E-state index in [4.69, 9.17) is 0 Å². The van der Waals surface area contributed by atoms with Crippen molar-refractivity contribution in [2.75, 3.05) is 16.8 Å². The maximum Gasteiger partial charge on any atom is 0.239 e. The van der Waals surface area contributed by atoms with E-state index in [0.29, 0.717) is 5.69 Å². The van der Waals surface area contributed by atoms with E-state index >= 15 is 0 Å². The third-order valence-electron chi connectivity index (χ3n) is 2.38. The smallest absolute Gasteiger partial charge is 0.239 e. The molecule has 0 fully saturated rings. The van der Waals surface area contributed by atoms with Crippen molar-refractivity contribution < 1.29 is 13.2 Å². The lowest BCUT2D eigenvalue weighted by atomic mass is 10.1. The number of anilines is 1. The van der Waals surface area contributed by atoms with Gasteiger partial charge in [0.2, 0.25) is 5.91 Å². The van der Waals surface area contributed by atoms with E-state index in [1.165, 1.54) is 6.08 Å². The minimum absolute atomic E-state index is 0.187. The first-order valence-corrected chi connectivity index (χ1v) is 7.34. The van der Waals surface area contributed by atoms with Gasteiger partial charge in [0, 0.05) is 5.69 Å². The molecule has 0 spiro atoms. The van der Waals surface area contributed by atoms with Crippen molar-refractivity contribution in [2.45, 2.75) is 13.8 Å². The Morgan fingerprint density at radius 1 is 1.39 bits per heavy atom. The molecule has 0 bridgehead atoms. The molecular formula is C13H17NO3S. The number of sulfone groups is 1. The molecule has 1 aromatic rings. The number of carbonyl (C=O) groups is 1. The molecule has 0 saturated heterocycles. The number of nitrogens with one attached hydrogen (secondary N) is 1. The zero-order valence-electron chi connectivity index (χ0n) is 10.6. The molecule has 0 aromatic heterocycles. The number of benzene rings is 1. The highest BCUT2D eigenvalue weighted by molar-refractivity contribution is 7.92. The van der Waals surface area contributed by atoms with Crippen LogP contribution in [-0.2, 0) is 14.6 Å². The molecule has 0 saturated carbocycles. The standard InChI is InChI=1S/C13H17NO3S/c1-4-7-18(16,17)9-13(15)14-12-6-5-10(2)8-11(12)3/h4-6,8H,1,7,9H2,2-3H3,(H,14,15). The molecule has 1 aromatic carbocycles. The van der Waals surface area contributed by atoms with Crippen molar-refractivity contribution in [3.05, 3.63) is 42.0 Å². The Morgan fingerprint density at radius 3 is 2.61 bits per heavy atom. The molecule has 0 unspecified atom stereocenters. The average Bonchev–Trinajstić information content (AvgIpc) is 2.21. The Hall–Kier alpha value is -1.62. The van der Waals surface area contributed by atoms with E-state index in [1.54, 1.807) is 6.07 Å². The summed E-state index contributed by atoms with van der Waals surface area (Å²) in [6.45, 7) is 7.16. The summed E-state index contributed by atoms with van der Waals surface area (Å²) in [5, 5.41) is 2.60. The maximum absolute atomic E-state index is 11.6. The van der Waals surface area contributed by atoms with Gasteiger partial charge >= 0.3 is 0 Å². The molecule has 0 aliphatic heterocycles. The van der Waals surface area contributed by atoms with Gasteiger partial charge in [0.05, 0.1) is 5.75 Å². The van der Waals surface area contributed by atoms with E-state index in [2.05, 4.69) is 11.9 Å². The number of hydrogen-bond acceptors (Lipinski definition) is 3. The lowest BCUT2D eigenvalue weighted by Gasteiger charge is -2.09. The molecule has 1 rings (SSSR count). The van der Waals surface area contributed by atoms with E-state index < -0.39 is 21.5 Å². The van der Waals surface area contributed by atoms with E-state index in [9.17, 15) is 13.2 Å². The summed E-state index contributed by atoms with van der Waals surface area (Å²) >= 11 is 0. The molecule has 1 amide bonds. The Morgan fingerprint density at radius 2 is 2.06 bits per heavy atom. The van der Waals surface area contributed by atoms with Crippen LogP contribution in [0.5, 0.6) is 0 Å². The normalized spacial score (nSPS) is 11.0. The molecule has 1 N–H and O–H groups in total. The summed E-state index contributed by atoms with van der Waals surface area (Å²) in [5.41, 5.74) is 2.63. The quantitative estimate of drug-likeness (QED) is 0.828. The summed E-state index contributed by atoms with van der Waals surface area (Å²) in [6, 6.07) is 5.55. The number of rotatable bonds is 5. The fraction of sp³-hybridized carbons (Fsp3) is 0.308. The number of aryl methyl sites for hydroxylation is 2. The average molecular weight is 267 g/mol. The van der Waals surface area contributed by atoms with E-state index in [0.717, 1.165) is 11.1 Å². The van der Waals surface area contributed by atoms with Gasteiger partial charge < -0.3 is 5.32 Å². The first-order chi connectivity index (χ1) is 8.34. The monoisotopic (exact) mass is 267 g/mol. The van der Waals surface area contributed by atoms with Crippen molar-refractivity contribution in [1.29, 1.82) is 0 Å². The van der Waals surface area contributed by atoms with Crippen LogP contribution in [0.2, 0.25) is 0 Å². The second kappa shape index (κ2) is 5.82. The lowest BCUT2D eigenvalue weighted by molar-refractivity contribution is -0.113. The highest BCUT2D eigenvalue weighted by Crippen LogP contribution is 2.15. The minimum Gasteiger partial charge on any atom is -0.325 e. The zero-order valence-corrected chi connectivity index (χ0v) is 11.4. The van der Waals surface area contributed by atoms with Crippen molar-refractivity contribution in [2.24, 2.45) is 0 Å². The lowest BCUT2D eigenvalue weighted by Crippen LogP contribution is -2.24. The third-order valence-corrected chi connectivity index (χ3v) is 3.82. The van der Waals surface area contributed by atoms with Crippen LogP contribution >= 0.6 is 0 Å². The van der Waals surface area contributed by atoms with Crippen LogP contribution in [0.4, 0.5) is 5.69 Å². The van der Waals surface area contributed by atoms with Gasteiger partial charge in [-0.3, -0.25) is 4.79 Å². The first-order valence-electron chi connectivity index (χ1n) is 5.52. The third kappa shape index (κ3) is 4.33. The van der Waals surface area contributed by atoms with Crippen LogP contribution in [0.25, 0.3) is 0 Å². The highest BCUT2D eigenvalue weighted by atomic mass is 32.2. The van der Waals surface area contributed by atoms with Crippen molar-refractivity contribution in [3.63, 3.8) is 0 Å². The van der Waals surface area contributed by atoms with Crippen molar-refractivity contribution in [1.82, 2.24) is 0 Å². The zero-order chi connectivity index (χ0) is 13.8. The molecule has 98 valence electrons. The van der Waals surface area contributed by atoms with E-state index in [-0.39, 0.29) is 5.75 Å². The predicted molar refractivity (Wildman–Crippen MR) is 73.4 cm³/mol. The molecule has 0 aliphatic rings. The van der Waals surface area contributed by atoms with Crippen molar-refractivity contribution in [3.8, 4) is 0 Å². The second-order valence-corrected chi connectivity index (χ2v) is 6.32. The van der Waals surface area contributed by atoms with Gasteiger partial charge in [0.15, 0.2) is 9.84 Å². The Bertz CT molecular complexity index is 562. The van der Waals surface area contributed by atoms with Crippen LogP contribution < -0.4 is 5.32 Å². The summed E-state index contributed by atoms with van der Waals surface area (Å²) in [4.78, 5) is 11.6. The predicted octanol–water partition coefficient (Wildman–Crippen LogP) is 1.84. The van der Waals surface area contributed by atoms with Crippen LogP contribution in [-0.4, -0.2) is 25.8 Å². The molecule has 0 aliphatic carbocycles. The Kier molecular flexibility index (Phi) is 4.67. The van der Waals surface area contributed by atoms with Gasteiger partial charge in [-0.2, -0.15) is 0 Å². The first kappa shape index (κ1) is 14.4. The summed E-state index contributed by atoms with van der Waals surface area (Å²) in [6.07, 6.45) is 1.28. The van der Waals surface area contributed by atoms with Crippen LogP contribution in [0.3, 0.4) is 0 Å². The number of carbonyl (C=O) groups excluding carboxylic acids is 1. The van der Waals surface area contributed by atoms with Gasteiger partial charge in [-0.05, 0) is 25.5 Å². The van der Waals surface area contributed by atoms with Crippen LogP contribution in [0, 0.1) is 13.8 Å². The van der Waals surface area contributed by atoms with E-state index in [1.807, 2.05) is 26.0 Å².